The fourth-order valence-corrected chi connectivity index (χ4v) is 5.11. The number of aromatic nitrogens is 2. The Bertz CT molecular complexity index is 1270. The molecule has 0 saturated carbocycles. The summed E-state index contributed by atoms with van der Waals surface area (Å²) in [4.78, 5) is 40.7. The first kappa shape index (κ1) is 23.4. The van der Waals surface area contributed by atoms with Crippen molar-refractivity contribution in [3.8, 4) is 0 Å². The minimum Gasteiger partial charge on any atom is -0.366 e. The van der Waals surface area contributed by atoms with Crippen LogP contribution in [0.25, 0.3) is 0 Å². The second kappa shape index (κ2) is 8.57. The fourth-order valence-electron chi connectivity index (χ4n) is 5.11. The molecular formula is C25H29N5O4. The number of hydrogen-bond donors (Lipinski definition) is 3. The zero-order valence-electron chi connectivity index (χ0n) is 19.5. The van der Waals surface area contributed by atoms with Crippen LogP contribution in [0.1, 0.15) is 82.0 Å². The molecule has 1 heterocycles. The fraction of sp³-hybridized carbons (Fsp3) is 0.360. The van der Waals surface area contributed by atoms with Crippen molar-refractivity contribution >= 4 is 11.8 Å². The van der Waals surface area contributed by atoms with Gasteiger partial charge in [-0.25, -0.2) is 4.79 Å². The number of aryl methyl sites for hydroxylation is 2. The van der Waals surface area contributed by atoms with E-state index in [0.717, 1.165) is 22.3 Å². The number of benzene rings is 2. The number of nitrogens with zero attached hydrogens (tertiary/aromatic N) is 2. The summed E-state index contributed by atoms with van der Waals surface area (Å²) < 4.78 is 7.01. The number of nitrogens with two attached hydrogens (primary N) is 3. The van der Waals surface area contributed by atoms with Gasteiger partial charge in [-0.2, -0.15) is 9.72 Å². The van der Waals surface area contributed by atoms with Crippen LogP contribution in [0, 0.1) is 0 Å². The number of fused-ring (bicyclic) bond motifs is 2. The highest BCUT2D eigenvalue weighted by Gasteiger charge is 2.46. The Balaban J connectivity index is 2.16. The molecule has 34 heavy (non-hydrogen) atoms. The van der Waals surface area contributed by atoms with E-state index in [4.69, 9.17) is 21.7 Å². The molecule has 1 aliphatic carbocycles. The molecule has 1 aliphatic rings. The molecule has 0 spiro atoms. The molecule has 9 heteroatoms. The van der Waals surface area contributed by atoms with Crippen LogP contribution in [0.3, 0.4) is 0 Å². The van der Waals surface area contributed by atoms with Crippen molar-refractivity contribution in [1.29, 1.82) is 0 Å². The summed E-state index contributed by atoms with van der Waals surface area (Å²) in [6, 6.07) is 10.2. The molecule has 0 radical (unpaired) electrons. The molecule has 0 saturated heterocycles. The number of carbonyl (C=O) groups excluding carboxylic acids is 2. The second-order valence-corrected chi connectivity index (χ2v) is 9.27. The van der Waals surface area contributed by atoms with E-state index in [2.05, 4.69) is 4.98 Å². The van der Waals surface area contributed by atoms with Gasteiger partial charge in [0.1, 0.15) is 0 Å². The van der Waals surface area contributed by atoms with Crippen molar-refractivity contribution in [3.05, 3.63) is 86.2 Å². The van der Waals surface area contributed by atoms with Gasteiger partial charge < -0.3 is 21.7 Å². The first-order chi connectivity index (χ1) is 16.0. The molecule has 2 aromatic carbocycles. The second-order valence-electron chi connectivity index (χ2n) is 9.27. The van der Waals surface area contributed by atoms with Crippen LogP contribution in [0.4, 0.5) is 0 Å². The topological polar surface area (TPSA) is 160 Å². The zero-order chi connectivity index (χ0) is 24.8. The summed E-state index contributed by atoms with van der Waals surface area (Å²) in [5.41, 5.74) is 20.8. The van der Waals surface area contributed by atoms with Crippen molar-refractivity contribution in [3.63, 3.8) is 0 Å². The van der Waals surface area contributed by atoms with E-state index in [-0.39, 0.29) is 12.1 Å². The van der Waals surface area contributed by atoms with Crippen LogP contribution >= 0.6 is 0 Å². The minimum absolute atomic E-state index is 0.194. The van der Waals surface area contributed by atoms with Gasteiger partial charge in [-0.1, -0.05) is 12.1 Å². The Morgan fingerprint density at radius 2 is 1.50 bits per heavy atom. The normalized spacial score (nSPS) is 15.3. The molecule has 0 aliphatic heterocycles. The van der Waals surface area contributed by atoms with Gasteiger partial charge in [0.15, 0.2) is 5.82 Å². The van der Waals surface area contributed by atoms with Gasteiger partial charge in [-0.3, -0.25) is 9.59 Å². The Morgan fingerprint density at radius 3 is 1.91 bits per heavy atom. The Hall–Kier alpha value is -3.72. The average Bonchev–Trinajstić information content (AvgIpc) is 3.12. The van der Waals surface area contributed by atoms with Gasteiger partial charge in [0.05, 0.1) is 11.5 Å². The number of amides is 2. The van der Waals surface area contributed by atoms with Gasteiger partial charge in [0.2, 0.25) is 11.8 Å². The van der Waals surface area contributed by atoms with Gasteiger partial charge >= 0.3 is 5.76 Å². The van der Waals surface area contributed by atoms with Gasteiger partial charge in [-0.15, -0.1) is 0 Å². The summed E-state index contributed by atoms with van der Waals surface area (Å²) in [7, 11) is 0. The highest BCUT2D eigenvalue weighted by atomic mass is 16.5. The predicted octanol–water partition coefficient (Wildman–Crippen LogP) is 1.79. The number of carbonyl (C=O) groups is 2. The molecular weight excluding hydrogens is 434 g/mol. The van der Waals surface area contributed by atoms with Gasteiger partial charge in [0.25, 0.3) is 0 Å². The van der Waals surface area contributed by atoms with Crippen molar-refractivity contribution in [2.24, 2.45) is 17.2 Å². The maximum Gasteiger partial charge on any atom is 0.459 e. The molecule has 1 aromatic heterocycles. The van der Waals surface area contributed by atoms with E-state index in [1.807, 2.05) is 32.9 Å². The molecule has 178 valence electrons. The quantitative estimate of drug-likeness (QED) is 0.505. The highest BCUT2D eigenvalue weighted by molar-refractivity contribution is 5.94. The molecule has 0 fully saturated rings. The molecule has 9 nitrogen and oxygen atoms in total. The Labute approximate surface area is 196 Å². The maximum absolute atomic E-state index is 12.4. The molecule has 2 amide bonds. The first-order valence-corrected chi connectivity index (χ1v) is 11.3. The van der Waals surface area contributed by atoms with Crippen LogP contribution in [-0.2, 0) is 18.3 Å². The van der Waals surface area contributed by atoms with E-state index in [9.17, 15) is 14.4 Å². The third kappa shape index (κ3) is 3.81. The van der Waals surface area contributed by atoms with E-state index in [0.29, 0.717) is 36.2 Å². The average molecular weight is 464 g/mol. The molecule has 0 unspecified atom stereocenters. The van der Waals surface area contributed by atoms with Crippen molar-refractivity contribution in [2.45, 2.75) is 57.5 Å². The summed E-state index contributed by atoms with van der Waals surface area (Å²) >= 11 is 0. The summed E-state index contributed by atoms with van der Waals surface area (Å²) in [5.74, 6) is -1.34. The maximum atomic E-state index is 12.4. The van der Waals surface area contributed by atoms with E-state index in [1.54, 1.807) is 24.3 Å². The van der Waals surface area contributed by atoms with Crippen molar-refractivity contribution in [2.75, 3.05) is 0 Å². The van der Waals surface area contributed by atoms with Gasteiger partial charge in [0, 0.05) is 17.2 Å². The third-order valence-corrected chi connectivity index (χ3v) is 6.42. The van der Waals surface area contributed by atoms with E-state index >= 15 is 0 Å². The third-order valence-electron chi connectivity index (χ3n) is 6.42. The molecule has 3 aromatic rings. The van der Waals surface area contributed by atoms with Crippen LogP contribution in [0.15, 0.2) is 45.7 Å². The highest BCUT2D eigenvalue weighted by Crippen LogP contribution is 2.47. The largest absolute Gasteiger partial charge is 0.459 e. The predicted molar refractivity (Wildman–Crippen MR) is 127 cm³/mol. The first-order valence-electron chi connectivity index (χ1n) is 11.3. The lowest BCUT2D eigenvalue weighted by Crippen LogP contribution is -2.40. The zero-order valence-corrected chi connectivity index (χ0v) is 19.5. The van der Waals surface area contributed by atoms with Crippen molar-refractivity contribution < 1.29 is 14.1 Å². The molecule has 6 N–H and O–H groups in total. The molecule has 0 bridgehead atoms. The SMILES string of the molecule is CC(C)n1oc(=O)nc1C1(C[C@@H](C)N)c2ccc(C(N)=O)cc2CCc2cc(C(N)=O)ccc21. The van der Waals surface area contributed by atoms with E-state index < -0.39 is 23.0 Å². The summed E-state index contributed by atoms with van der Waals surface area (Å²) in [6.45, 7) is 5.69. The lowest BCUT2D eigenvalue weighted by atomic mass is 9.67. The minimum atomic E-state index is -0.974. The van der Waals surface area contributed by atoms with Crippen molar-refractivity contribution in [1.82, 2.24) is 9.72 Å². The smallest absolute Gasteiger partial charge is 0.366 e. The molecule has 1 atom stereocenters. The lowest BCUT2D eigenvalue weighted by molar-refractivity contribution is 0.0991. The Kier molecular flexibility index (Phi) is 5.91. The van der Waals surface area contributed by atoms with Crippen LogP contribution in [-0.4, -0.2) is 27.6 Å². The number of rotatable bonds is 6. The van der Waals surface area contributed by atoms with Crippen LogP contribution in [0.2, 0.25) is 0 Å². The standard InChI is InChI=1S/C25H29N5O4/c1-13(2)30-23(29-24(33)34-30)25(12-14(3)26)19-8-6-17(21(27)31)10-15(19)4-5-16-11-18(22(28)32)7-9-20(16)25/h6-11,13-14H,4-5,12,26H2,1-3H3,(H2,27,31)(H2,28,32)/t14-/m1/s1. The number of hydrogen-bond acceptors (Lipinski definition) is 6. The number of primary amides is 2. The summed E-state index contributed by atoms with van der Waals surface area (Å²) in [5, 5.41) is 0. The van der Waals surface area contributed by atoms with Crippen LogP contribution < -0.4 is 23.0 Å². The lowest BCUT2D eigenvalue weighted by Gasteiger charge is -2.37. The van der Waals surface area contributed by atoms with Gasteiger partial charge in [-0.05, 0) is 86.6 Å². The monoisotopic (exact) mass is 463 g/mol. The molecule has 4 rings (SSSR count). The van der Waals surface area contributed by atoms with Crippen LogP contribution in [0.5, 0.6) is 0 Å². The van der Waals surface area contributed by atoms with E-state index in [1.165, 1.54) is 4.74 Å². The summed E-state index contributed by atoms with van der Waals surface area (Å²) in [6.07, 6.45) is 1.56. The Morgan fingerprint density at radius 1 is 1.00 bits per heavy atom.